The molecule has 2 aromatic rings. The predicted octanol–water partition coefficient (Wildman–Crippen LogP) is 3.18. The number of methoxy groups -OCH3 is 1. The van der Waals surface area contributed by atoms with Gasteiger partial charge in [-0.05, 0) is 48.4 Å². The lowest BCUT2D eigenvalue weighted by Gasteiger charge is -2.11. The van der Waals surface area contributed by atoms with Gasteiger partial charge in [-0.1, -0.05) is 6.07 Å². The van der Waals surface area contributed by atoms with Gasteiger partial charge in [0.25, 0.3) is 0 Å². The molecule has 2 aromatic carbocycles. The molecule has 0 aliphatic heterocycles. The molecular weight excluding hydrogens is 257 g/mol. The second-order valence-electron chi connectivity index (χ2n) is 4.55. The van der Waals surface area contributed by atoms with E-state index in [0.717, 1.165) is 16.9 Å². The highest BCUT2D eigenvalue weighted by Gasteiger charge is 2.04. The number of nitrogens with two attached hydrogens (primary N) is 1. The Balaban J connectivity index is 2.08. The van der Waals surface area contributed by atoms with Crippen LogP contribution in [-0.2, 0) is 13.2 Å². The van der Waals surface area contributed by atoms with Crippen LogP contribution in [0, 0.1) is 12.7 Å². The largest absolute Gasteiger partial charge is 0.496 e. The van der Waals surface area contributed by atoms with Gasteiger partial charge in [-0.2, -0.15) is 0 Å². The fourth-order valence-corrected chi connectivity index (χ4v) is 1.95. The van der Waals surface area contributed by atoms with Crippen molar-refractivity contribution in [3.8, 4) is 11.5 Å². The van der Waals surface area contributed by atoms with Gasteiger partial charge in [-0.3, -0.25) is 0 Å². The Bertz CT molecular complexity index is 599. The maximum atomic E-state index is 13.2. The van der Waals surface area contributed by atoms with Crippen LogP contribution >= 0.6 is 0 Å². The van der Waals surface area contributed by atoms with Gasteiger partial charge in [0.15, 0.2) is 0 Å². The monoisotopic (exact) mass is 275 g/mol. The number of hydrogen-bond donors (Lipinski definition) is 1. The lowest BCUT2D eigenvalue weighted by atomic mass is 10.1. The van der Waals surface area contributed by atoms with Gasteiger partial charge in [-0.25, -0.2) is 4.39 Å². The fourth-order valence-electron chi connectivity index (χ4n) is 1.95. The van der Waals surface area contributed by atoms with Gasteiger partial charge >= 0.3 is 0 Å². The van der Waals surface area contributed by atoms with Crippen molar-refractivity contribution in [3.63, 3.8) is 0 Å². The van der Waals surface area contributed by atoms with Crippen LogP contribution in [-0.4, -0.2) is 7.11 Å². The van der Waals surface area contributed by atoms with Crippen LogP contribution in [0.5, 0.6) is 11.5 Å². The third kappa shape index (κ3) is 3.27. The fraction of sp³-hybridized carbons (Fsp3) is 0.250. The van der Waals surface area contributed by atoms with E-state index in [1.807, 2.05) is 18.2 Å². The maximum absolute atomic E-state index is 13.2. The maximum Gasteiger partial charge on any atom is 0.126 e. The number of benzene rings is 2. The van der Waals surface area contributed by atoms with E-state index < -0.39 is 0 Å². The summed E-state index contributed by atoms with van der Waals surface area (Å²) >= 11 is 0. The van der Waals surface area contributed by atoms with Gasteiger partial charge < -0.3 is 15.2 Å². The predicted molar refractivity (Wildman–Crippen MR) is 76.4 cm³/mol. The van der Waals surface area contributed by atoms with Gasteiger partial charge in [0, 0.05) is 12.1 Å². The summed E-state index contributed by atoms with van der Waals surface area (Å²) in [5.74, 6) is 1.19. The molecule has 0 atom stereocenters. The molecule has 4 heteroatoms. The molecule has 0 saturated carbocycles. The first kappa shape index (κ1) is 14.3. The van der Waals surface area contributed by atoms with E-state index in [9.17, 15) is 4.39 Å². The second kappa shape index (κ2) is 6.39. The summed E-state index contributed by atoms with van der Waals surface area (Å²) in [5.41, 5.74) is 8.17. The zero-order chi connectivity index (χ0) is 14.5. The number of halogens is 1. The van der Waals surface area contributed by atoms with Crippen LogP contribution in [0.15, 0.2) is 36.4 Å². The lowest BCUT2D eigenvalue weighted by Crippen LogP contribution is -2.03. The zero-order valence-electron chi connectivity index (χ0n) is 11.7. The van der Waals surface area contributed by atoms with Gasteiger partial charge in [0.05, 0.1) is 7.11 Å². The van der Waals surface area contributed by atoms with Crippen LogP contribution in [0.25, 0.3) is 0 Å². The average Bonchev–Trinajstić information content (AvgIpc) is 2.48. The van der Waals surface area contributed by atoms with Crippen molar-refractivity contribution in [2.45, 2.75) is 20.1 Å². The Hall–Kier alpha value is -2.07. The van der Waals surface area contributed by atoms with Crippen molar-refractivity contribution in [1.82, 2.24) is 0 Å². The Morgan fingerprint density at radius 3 is 2.60 bits per heavy atom. The minimum absolute atomic E-state index is 0.229. The van der Waals surface area contributed by atoms with E-state index in [4.69, 9.17) is 15.2 Å². The molecule has 0 amide bonds. The molecule has 0 radical (unpaired) electrons. The SMILES string of the molecule is COc1ccc(COc2ccc(F)c(C)c2)cc1CN. The molecule has 0 unspecified atom stereocenters. The molecule has 106 valence electrons. The van der Waals surface area contributed by atoms with Crippen molar-refractivity contribution in [2.24, 2.45) is 5.73 Å². The van der Waals surface area contributed by atoms with E-state index in [1.54, 1.807) is 26.2 Å². The van der Waals surface area contributed by atoms with E-state index in [1.165, 1.54) is 6.07 Å². The lowest BCUT2D eigenvalue weighted by molar-refractivity contribution is 0.305. The van der Waals surface area contributed by atoms with Crippen LogP contribution in [0.3, 0.4) is 0 Å². The van der Waals surface area contributed by atoms with Gasteiger partial charge in [-0.15, -0.1) is 0 Å². The van der Waals surface area contributed by atoms with Crippen molar-refractivity contribution in [1.29, 1.82) is 0 Å². The molecule has 0 fully saturated rings. The molecular formula is C16H18FNO2. The first-order chi connectivity index (χ1) is 9.63. The molecule has 2 rings (SSSR count). The van der Waals surface area contributed by atoms with Gasteiger partial charge in [0.2, 0.25) is 0 Å². The number of aryl methyl sites for hydroxylation is 1. The molecule has 2 N–H and O–H groups in total. The highest BCUT2D eigenvalue weighted by molar-refractivity contribution is 5.37. The Morgan fingerprint density at radius 2 is 1.95 bits per heavy atom. The summed E-state index contributed by atoms with van der Waals surface area (Å²) in [5, 5.41) is 0. The minimum Gasteiger partial charge on any atom is -0.496 e. The first-order valence-electron chi connectivity index (χ1n) is 6.39. The molecule has 0 spiro atoms. The Labute approximate surface area is 118 Å². The quantitative estimate of drug-likeness (QED) is 0.911. The van der Waals surface area contributed by atoms with Crippen molar-refractivity contribution in [3.05, 3.63) is 58.9 Å². The molecule has 0 aliphatic carbocycles. The first-order valence-corrected chi connectivity index (χ1v) is 6.39. The molecule has 3 nitrogen and oxygen atoms in total. The minimum atomic E-state index is -0.229. The molecule has 0 bridgehead atoms. The van der Waals surface area contributed by atoms with E-state index in [0.29, 0.717) is 24.5 Å². The van der Waals surface area contributed by atoms with Gasteiger partial charge in [0.1, 0.15) is 23.9 Å². The van der Waals surface area contributed by atoms with Crippen molar-refractivity contribution >= 4 is 0 Å². The molecule has 0 aromatic heterocycles. The zero-order valence-corrected chi connectivity index (χ0v) is 11.7. The van der Waals surface area contributed by atoms with Crippen molar-refractivity contribution in [2.75, 3.05) is 7.11 Å². The Morgan fingerprint density at radius 1 is 1.15 bits per heavy atom. The summed E-state index contributed by atoms with van der Waals surface area (Å²) in [4.78, 5) is 0. The third-order valence-corrected chi connectivity index (χ3v) is 3.10. The summed E-state index contributed by atoms with van der Waals surface area (Å²) in [7, 11) is 1.62. The van der Waals surface area contributed by atoms with E-state index >= 15 is 0 Å². The standard InChI is InChI=1S/C16H18FNO2/c1-11-7-14(4-5-15(11)17)20-10-12-3-6-16(19-2)13(8-12)9-18/h3-8H,9-10,18H2,1-2H3. The molecule has 20 heavy (non-hydrogen) atoms. The molecule has 0 saturated heterocycles. The van der Waals surface area contributed by atoms with E-state index in [2.05, 4.69) is 0 Å². The number of hydrogen-bond acceptors (Lipinski definition) is 3. The van der Waals surface area contributed by atoms with Crippen LogP contribution < -0.4 is 15.2 Å². The van der Waals surface area contributed by atoms with Crippen LogP contribution in [0.1, 0.15) is 16.7 Å². The molecule has 0 heterocycles. The summed E-state index contributed by atoms with van der Waals surface area (Å²) in [6.07, 6.45) is 0. The summed E-state index contributed by atoms with van der Waals surface area (Å²) in [6, 6.07) is 10.5. The highest BCUT2D eigenvalue weighted by Crippen LogP contribution is 2.21. The van der Waals surface area contributed by atoms with Crippen LogP contribution in [0.4, 0.5) is 4.39 Å². The Kier molecular flexibility index (Phi) is 4.58. The molecule has 0 aliphatic rings. The second-order valence-corrected chi connectivity index (χ2v) is 4.55. The smallest absolute Gasteiger partial charge is 0.126 e. The van der Waals surface area contributed by atoms with Crippen LogP contribution in [0.2, 0.25) is 0 Å². The summed E-state index contributed by atoms with van der Waals surface area (Å²) in [6.45, 7) is 2.52. The van der Waals surface area contributed by atoms with E-state index in [-0.39, 0.29) is 5.82 Å². The topological polar surface area (TPSA) is 44.5 Å². The summed E-state index contributed by atoms with van der Waals surface area (Å²) < 4.78 is 24.0. The number of rotatable bonds is 5. The number of ether oxygens (including phenoxy) is 2. The third-order valence-electron chi connectivity index (χ3n) is 3.10. The normalized spacial score (nSPS) is 10.4. The average molecular weight is 275 g/mol. The highest BCUT2D eigenvalue weighted by atomic mass is 19.1. The van der Waals surface area contributed by atoms with Crippen molar-refractivity contribution < 1.29 is 13.9 Å².